The van der Waals surface area contributed by atoms with Gasteiger partial charge in [0, 0.05) is 0 Å². The highest BCUT2D eigenvalue weighted by Gasteiger charge is 2.33. The minimum absolute atomic E-state index is 0.154. The molecule has 6 nitrogen and oxygen atoms in total. The summed E-state index contributed by atoms with van der Waals surface area (Å²) in [5, 5.41) is 30.1. The van der Waals surface area contributed by atoms with Crippen molar-refractivity contribution in [3.05, 3.63) is 5.21 Å². The van der Waals surface area contributed by atoms with Crippen LogP contribution in [0.25, 0.3) is 0 Å². The van der Waals surface area contributed by atoms with Gasteiger partial charge in [-0.3, -0.25) is 4.79 Å². The average molecular weight is 372 g/mol. The molecule has 0 spiro atoms. The summed E-state index contributed by atoms with van der Waals surface area (Å²) in [5.41, 5.74) is -1.36. The maximum Gasteiger partial charge on any atom is 0.403 e. The van der Waals surface area contributed by atoms with Gasteiger partial charge < -0.3 is 15.4 Å². The summed E-state index contributed by atoms with van der Waals surface area (Å²) in [6, 6.07) is 0. The maximum atomic E-state index is 11.7. The van der Waals surface area contributed by atoms with E-state index in [0.29, 0.717) is 12.8 Å². The molecule has 0 bridgehead atoms. The highest BCUT2D eigenvalue weighted by Crippen LogP contribution is 2.26. The van der Waals surface area contributed by atoms with E-state index in [1.165, 1.54) is 0 Å². The van der Waals surface area contributed by atoms with Crippen LogP contribution >= 0.6 is 0 Å². The number of amides is 1. The van der Waals surface area contributed by atoms with Crippen LogP contribution in [0.2, 0.25) is 0 Å². The van der Waals surface area contributed by atoms with E-state index in [0.717, 1.165) is 51.4 Å². The number of hydrogen-bond donors (Lipinski definition) is 2. The van der Waals surface area contributed by atoms with Crippen molar-refractivity contribution in [1.82, 2.24) is 0 Å². The lowest BCUT2D eigenvalue weighted by atomic mass is 9.85. The number of rotatable bonds is 14. The molecule has 0 aliphatic rings. The normalized spacial score (nSPS) is 13.4. The molecule has 1 unspecified atom stereocenters. The lowest BCUT2D eigenvalue weighted by Gasteiger charge is -2.19. The van der Waals surface area contributed by atoms with Gasteiger partial charge in [0.25, 0.3) is 0 Å². The molecule has 0 heterocycles. The van der Waals surface area contributed by atoms with Crippen molar-refractivity contribution < 1.29 is 24.5 Å². The van der Waals surface area contributed by atoms with Crippen LogP contribution in [0, 0.1) is 16.0 Å². The summed E-state index contributed by atoms with van der Waals surface area (Å²) in [7, 11) is 0. The minimum atomic E-state index is -0.763. The number of aliphatic hydroxyl groups is 1. The Labute approximate surface area is 157 Å². The van der Waals surface area contributed by atoms with Gasteiger partial charge in [0.2, 0.25) is 0 Å². The number of hydroxylamine groups is 1. The van der Waals surface area contributed by atoms with Crippen molar-refractivity contribution in [3.63, 3.8) is 0 Å². The monoisotopic (exact) mass is 371 g/mol. The molecule has 1 amide bonds. The van der Waals surface area contributed by atoms with E-state index in [9.17, 15) is 19.9 Å². The fourth-order valence-electron chi connectivity index (χ4n) is 2.94. The minimum Gasteiger partial charge on any atom is -0.617 e. The summed E-state index contributed by atoms with van der Waals surface area (Å²) < 4.78 is 0.154. The van der Waals surface area contributed by atoms with E-state index >= 15 is 0 Å². The molecule has 0 saturated carbocycles. The standard InChI is InChI=1S/C20H37NO5/c1-19(2,17(23)21(5)26)14-10-6-8-12-16(22)13-9-7-11-15-20(3,4)18(24)25/h16,22H,5-15H2,1-4H3,(H,24,25). The van der Waals surface area contributed by atoms with Crippen LogP contribution in [-0.2, 0) is 9.59 Å². The number of unbranched alkanes of at least 4 members (excludes halogenated alkanes) is 4. The second kappa shape index (κ2) is 11.3. The first kappa shape index (κ1) is 24.6. The quantitative estimate of drug-likeness (QED) is 0.157. The van der Waals surface area contributed by atoms with Crippen molar-refractivity contribution in [3.8, 4) is 0 Å². The molecule has 0 aromatic rings. The van der Waals surface area contributed by atoms with E-state index in [-0.39, 0.29) is 10.8 Å². The second-order valence-electron chi connectivity index (χ2n) is 8.61. The van der Waals surface area contributed by atoms with Crippen LogP contribution in [0.5, 0.6) is 0 Å². The Hall–Kier alpha value is -1.43. The highest BCUT2D eigenvalue weighted by molar-refractivity contribution is 5.75. The highest BCUT2D eigenvalue weighted by atomic mass is 16.5. The van der Waals surface area contributed by atoms with Crippen molar-refractivity contribution in [2.45, 2.75) is 98.0 Å². The molecule has 1 atom stereocenters. The van der Waals surface area contributed by atoms with Crippen LogP contribution in [0.4, 0.5) is 0 Å². The van der Waals surface area contributed by atoms with E-state index in [1.54, 1.807) is 27.7 Å². The maximum absolute atomic E-state index is 11.7. The van der Waals surface area contributed by atoms with E-state index < -0.39 is 22.7 Å². The molecule has 0 saturated heterocycles. The van der Waals surface area contributed by atoms with Crippen molar-refractivity contribution in [2.24, 2.45) is 10.8 Å². The number of hydrogen-bond acceptors (Lipinski definition) is 4. The van der Waals surface area contributed by atoms with Crippen LogP contribution < -0.4 is 0 Å². The summed E-state index contributed by atoms with van der Waals surface area (Å²) >= 11 is 0. The van der Waals surface area contributed by atoms with Gasteiger partial charge in [-0.25, -0.2) is 4.79 Å². The van der Waals surface area contributed by atoms with Gasteiger partial charge in [-0.2, -0.15) is 0 Å². The third-order valence-corrected chi connectivity index (χ3v) is 5.06. The number of aliphatic hydroxyl groups excluding tert-OH is 1. The predicted octanol–water partition coefficient (Wildman–Crippen LogP) is 4.12. The Morgan fingerprint density at radius 3 is 1.73 bits per heavy atom. The largest absolute Gasteiger partial charge is 0.617 e. The molecule has 0 aromatic heterocycles. The van der Waals surface area contributed by atoms with Gasteiger partial charge in [0.1, 0.15) is 6.72 Å². The van der Waals surface area contributed by atoms with Crippen molar-refractivity contribution in [1.29, 1.82) is 0 Å². The van der Waals surface area contributed by atoms with Gasteiger partial charge in [-0.05, 0) is 53.4 Å². The molecule has 26 heavy (non-hydrogen) atoms. The molecule has 6 heteroatoms. The molecule has 0 rings (SSSR count). The Bertz CT molecular complexity index is 471. The number of nitrogens with zero attached hydrogens (tertiary/aromatic N) is 1. The number of carbonyl (C=O) groups is 2. The topological polar surface area (TPSA) is 101 Å². The first-order valence-corrected chi connectivity index (χ1v) is 9.64. The lowest BCUT2D eigenvalue weighted by Crippen LogP contribution is -2.31. The molecule has 0 aliphatic carbocycles. The van der Waals surface area contributed by atoms with Gasteiger partial charge in [-0.15, -0.1) is 4.74 Å². The summed E-state index contributed by atoms with van der Waals surface area (Å²) in [6.45, 7) is 10.1. The average Bonchev–Trinajstić information content (AvgIpc) is 2.52. The molecule has 0 aliphatic heterocycles. The zero-order valence-electron chi connectivity index (χ0n) is 16.9. The molecule has 0 radical (unpaired) electrons. The molecular formula is C20H37NO5. The number of carbonyl (C=O) groups excluding carboxylic acids is 1. The summed E-state index contributed by atoms with van der Waals surface area (Å²) in [5.74, 6) is -1.26. The fraction of sp³-hybridized carbons (Fsp3) is 0.850. The molecule has 0 aromatic carbocycles. The first-order chi connectivity index (χ1) is 11.9. The summed E-state index contributed by atoms with van der Waals surface area (Å²) in [6.07, 6.45) is 7.77. The van der Waals surface area contributed by atoms with Gasteiger partial charge in [-0.1, -0.05) is 38.5 Å². The summed E-state index contributed by atoms with van der Waals surface area (Å²) in [4.78, 5) is 22.7. The van der Waals surface area contributed by atoms with E-state index in [4.69, 9.17) is 5.11 Å². The van der Waals surface area contributed by atoms with Gasteiger partial charge in [0.15, 0.2) is 0 Å². The Morgan fingerprint density at radius 2 is 1.35 bits per heavy atom. The Kier molecular flexibility index (Phi) is 10.7. The third-order valence-electron chi connectivity index (χ3n) is 5.06. The number of carboxylic acids is 1. The molecule has 0 fully saturated rings. The Morgan fingerprint density at radius 1 is 0.923 bits per heavy atom. The number of aliphatic carboxylic acids is 1. The third kappa shape index (κ3) is 9.90. The van der Waals surface area contributed by atoms with E-state index in [1.807, 2.05) is 0 Å². The SMILES string of the molecule is C=[N+]([O-])C(=O)C(C)(C)CCCCCC(O)CCCCCC(C)(C)C(=O)O. The second-order valence-corrected chi connectivity index (χ2v) is 8.61. The van der Waals surface area contributed by atoms with Gasteiger partial charge >= 0.3 is 11.9 Å². The van der Waals surface area contributed by atoms with Crippen molar-refractivity contribution >= 4 is 18.6 Å². The fourth-order valence-corrected chi connectivity index (χ4v) is 2.94. The molecular weight excluding hydrogens is 334 g/mol. The van der Waals surface area contributed by atoms with Crippen LogP contribution in [0.3, 0.4) is 0 Å². The van der Waals surface area contributed by atoms with Crippen LogP contribution in [-0.4, -0.2) is 39.6 Å². The zero-order valence-corrected chi connectivity index (χ0v) is 16.9. The van der Waals surface area contributed by atoms with Gasteiger partial charge in [0.05, 0.1) is 16.9 Å². The first-order valence-electron chi connectivity index (χ1n) is 9.64. The smallest absolute Gasteiger partial charge is 0.403 e. The van der Waals surface area contributed by atoms with Crippen LogP contribution in [0.15, 0.2) is 0 Å². The molecule has 2 N–H and O–H groups in total. The zero-order chi connectivity index (χ0) is 20.4. The van der Waals surface area contributed by atoms with Crippen LogP contribution in [0.1, 0.15) is 91.9 Å². The molecule has 152 valence electrons. The number of carboxylic acid groups (broad SMARTS) is 1. The Balaban J connectivity index is 3.76. The van der Waals surface area contributed by atoms with E-state index in [2.05, 4.69) is 6.72 Å². The predicted molar refractivity (Wildman–Crippen MR) is 103 cm³/mol. The van der Waals surface area contributed by atoms with Crippen molar-refractivity contribution in [2.75, 3.05) is 0 Å². The lowest BCUT2D eigenvalue weighted by molar-refractivity contribution is -0.383.